The van der Waals surface area contributed by atoms with Crippen molar-refractivity contribution in [1.82, 2.24) is 5.32 Å². The van der Waals surface area contributed by atoms with Gasteiger partial charge in [0.15, 0.2) is 0 Å². The van der Waals surface area contributed by atoms with Crippen LogP contribution in [0.3, 0.4) is 0 Å². The fourth-order valence-corrected chi connectivity index (χ4v) is 3.50. The van der Waals surface area contributed by atoms with E-state index < -0.39 is 0 Å². The van der Waals surface area contributed by atoms with Gasteiger partial charge < -0.3 is 20.3 Å². The third-order valence-corrected chi connectivity index (χ3v) is 5.25. The molecule has 2 saturated heterocycles. The van der Waals surface area contributed by atoms with E-state index in [0.29, 0.717) is 19.5 Å². The van der Waals surface area contributed by atoms with Crippen LogP contribution >= 0.6 is 0 Å². The van der Waals surface area contributed by atoms with Crippen LogP contribution in [0.2, 0.25) is 0 Å². The second kappa shape index (κ2) is 9.09. The first-order valence-corrected chi connectivity index (χ1v) is 9.68. The fraction of sp³-hybridized carbons (Fsp3) is 0.650. The van der Waals surface area contributed by atoms with Gasteiger partial charge in [-0.1, -0.05) is 6.92 Å². The van der Waals surface area contributed by atoms with Crippen LogP contribution in [-0.2, 0) is 9.53 Å². The number of hydrogen-bond acceptors (Lipinski definition) is 4. The highest BCUT2D eigenvalue weighted by molar-refractivity contribution is 5.76. The normalized spacial score (nSPS) is 21.3. The van der Waals surface area contributed by atoms with E-state index in [9.17, 15) is 4.79 Å². The molecule has 0 bridgehead atoms. The smallest absolute Gasteiger partial charge is 0.221 e. The zero-order valence-electron chi connectivity index (χ0n) is 15.3. The number of nitrogens with one attached hydrogen (secondary N) is 2. The number of rotatable bonds is 7. The number of anilines is 2. The van der Waals surface area contributed by atoms with Crippen molar-refractivity contribution in [3.8, 4) is 0 Å². The van der Waals surface area contributed by atoms with Crippen molar-refractivity contribution in [3.05, 3.63) is 24.3 Å². The number of carbonyl (C=O) groups excluding carboxylic acids is 1. The van der Waals surface area contributed by atoms with E-state index >= 15 is 0 Å². The molecule has 0 radical (unpaired) electrons. The SMILES string of the molecule is CC1CCN(c2ccc(NCCC(=O)NCC3CCCO3)cc2)CC1. The molecule has 1 amide bonds. The Morgan fingerprint density at radius 3 is 2.64 bits per heavy atom. The number of ether oxygens (including phenoxy) is 1. The van der Waals surface area contributed by atoms with E-state index in [1.165, 1.54) is 18.5 Å². The van der Waals surface area contributed by atoms with E-state index in [1.807, 2.05) is 0 Å². The summed E-state index contributed by atoms with van der Waals surface area (Å²) >= 11 is 0. The average Bonchev–Trinajstić information content (AvgIpc) is 3.15. The van der Waals surface area contributed by atoms with Gasteiger partial charge in [0.1, 0.15) is 0 Å². The maximum atomic E-state index is 11.9. The van der Waals surface area contributed by atoms with Gasteiger partial charge in [0, 0.05) is 50.6 Å². The highest BCUT2D eigenvalue weighted by Gasteiger charge is 2.16. The molecule has 1 atom stereocenters. The van der Waals surface area contributed by atoms with Gasteiger partial charge in [-0.2, -0.15) is 0 Å². The maximum Gasteiger partial charge on any atom is 0.221 e. The Bertz CT molecular complexity index is 532. The van der Waals surface area contributed by atoms with Gasteiger partial charge in [-0.05, 0) is 55.9 Å². The van der Waals surface area contributed by atoms with Crippen LogP contribution < -0.4 is 15.5 Å². The van der Waals surface area contributed by atoms with Crippen molar-refractivity contribution in [3.63, 3.8) is 0 Å². The quantitative estimate of drug-likeness (QED) is 0.798. The number of amides is 1. The maximum absolute atomic E-state index is 11.9. The number of benzene rings is 1. The molecule has 1 aromatic carbocycles. The summed E-state index contributed by atoms with van der Waals surface area (Å²) in [6.45, 7) is 6.76. The molecule has 2 heterocycles. The molecule has 1 aromatic rings. The van der Waals surface area contributed by atoms with Gasteiger partial charge in [-0.3, -0.25) is 4.79 Å². The molecule has 138 valence electrons. The zero-order valence-corrected chi connectivity index (χ0v) is 15.3. The monoisotopic (exact) mass is 345 g/mol. The van der Waals surface area contributed by atoms with Crippen LogP contribution in [0.25, 0.3) is 0 Å². The lowest BCUT2D eigenvalue weighted by atomic mass is 9.99. The topological polar surface area (TPSA) is 53.6 Å². The molecule has 0 aliphatic carbocycles. The largest absolute Gasteiger partial charge is 0.385 e. The van der Waals surface area contributed by atoms with Gasteiger partial charge in [0.25, 0.3) is 0 Å². The number of piperidine rings is 1. The first-order valence-electron chi connectivity index (χ1n) is 9.68. The molecular weight excluding hydrogens is 314 g/mol. The van der Waals surface area contributed by atoms with E-state index in [1.54, 1.807) is 0 Å². The Morgan fingerprint density at radius 1 is 1.20 bits per heavy atom. The lowest BCUT2D eigenvalue weighted by molar-refractivity contribution is -0.121. The number of carbonyl (C=O) groups is 1. The van der Waals surface area contributed by atoms with Crippen LogP contribution in [0, 0.1) is 5.92 Å². The first kappa shape index (κ1) is 18.1. The van der Waals surface area contributed by atoms with Gasteiger partial charge in [-0.25, -0.2) is 0 Å². The summed E-state index contributed by atoms with van der Waals surface area (Å²) in [6.07, 6.45) is 5.41. The Morgan fingerprint density at radius 2 is 1.96 bits per heavy atom. The third kappa shape index (κ3) is 5.63. The summed E-state index contributed by atoms with van der Waals surface area (Å²) in [5.74, 6) is 0.936. The minimum atomic E-state index is 0.0852. The third-order valence-electron chi connectivity index (χ3n) is 5.25. The van der Waals surface area contributed by atoms with Crippen LogP contribution in [-0.4, -0.2) is 44.8 Å². The molecule has 3 rings (SSSR count). The van der Waals surface area contributed by atoms with E-state index in [4.69, 9.17) is 4.74 Å². The Balaban J connectivity index is 1.34. The molecule has 0 spiro atoms. The standard InChI is InChI=1S/C20H31N3O2/c1-16-9-12-23(13-10-16)18-6-4-17(5-7-18)21-11-8-20(24)22-15-19-3-2-14-25-19/h4-7,16,19,21H,2-3,8-15H2,1H3,(H,22,24). The molecule has 0 saturated carbocycles. The molecule has 1 unspecified atom stereocenters. The fourth-order valence-electron chi connectivity index (χ4n) is 3.50. The van der Waals surface area contributed by atoms with Gasteiger partial charge in [0.2, 0.25) is 5.91 Å². The second-order valence-corrected chi connectivity index (χ2v) is 7.33. The van der Waals surface area contributed by atoms with Gasteiger partial charge in [0.05, 0.1) is 6.10 Å². The molecule has 2 N–H and O–H groups in total. The lowest BCUT2D eigenvalue weighted by Crippen LogP contribution is -2.32. The van der Waals surface area contributed by atoms with Crippen LogP contribution in [0.4, 0.5) is 11.4 Å². The van der Waals surface area contributed by atoms with Crippen molar-refractivity contribution >= 4 is 17.3 Å². The molecule has 5 nitrogen and oxygen atoms in total. The van der Waals surface area contributed by atoms with Crippen LogP contribution in [0.5, 0.6) is 0 Å². The van der Waals surface area contributed by atoms with Crippen molar-refractivity contribution in [2.45, 2.75) is 45.1 Å². The van der Waals surface area contributed by atoms with Crippen LogP contribution in [0.1, 0.15) is 39.0 Å². The van der Waals surface area contributed by atoms with E-state index in [2.05, 4.69) is 46.7 Å². The van der Waals surface area contributed by atoms with Crippen molar-refractivity contribution in [2.24, 2.45) is 5.92 Å². The Kier molecular flexibility index (Phi) is 6.56. The summed E-state index contributed by atoms with van der Waals surface area (Å²) < 4.78 is 5.51. The zero-order chi connectivity index (χ0) is 17.5. The molecule has 2 fully saturated rings. The number of hydrogen-bond donors (Lipinski definition) is 2. The Labute approximate surface area is 151 Å². The predicted octanol–water partition coefficient (Wildman–Crippen LogP) is 3.02. The molecule has 5 heteroatoms. The minimum absolute atomic E-state index is 0.0852. The summed E-state index contributed by atoms with van der Waals surface area (Å²) in [4.78, 5) is 14.3. The minimum Gasteiger partial charge on any atom is -0.385 e. The second-order valence-electron chi connectivity index (χ2n) is 7.33. The molecular formula is C20H31N3O2. The number of nitrogens with zero attached hydrogens (tertiary/aromatic N) is 1. The highest BCUT2D eigenvalue weighted by atomic mass is 16.5. The summed E-state index contributed by atoms with van der Waals surface area (Å²) in [7, 11) is 0. The van der Waals surface area contributed by atoms with E-state index in [-0.39, 0.29) is 12.0 Å². The Hall–Kier alpha value is -1.75. The van der Waals surface area contributed by atoms with Crippen molar-refractivity contribution in [2.75, 3.05) is 43.0 Å². The summed E-state index contributed by atoms with van der Waals surface area (Å²) in [5.41, 5.74) is 2.37. The van der Waals surface area contributed by atoms with Crippen molar-refractivity contribution < 1.29 is 9.53 Å². The molecule has 2 aliphatic heterocycles. The summed E-state index contributed by atoms with van der Waals surface area (Å²) in [6, 6.07) is 8.57. The first-order chi connectivity index (χ1) is 12.2. The van der Waals surface area contributed by atoms with Gasteiger partial charge in [-0.15, -0.1) is 0 Å². The highest BCUT2D eigenvalue weighted by Crippen LogP contribution is 2.24. The lowest BCUT2D eigenvalue weighted by Gasteiger charge is -2.32. The average molecular weight is 345 g/mol. The molecule has 25 heavy (non-hydrogen) atoms. The summed E-state index contributed by atoms with van der Waals surface area (Å²) in [5, 5.41) is 6.29. The molecule has 2 aliphatic rings. The van der Waals surface area contributed by atoms with Crippen LogP contribution in [0.15, 0.2) is 24.3 Å². The predicted molar refractivity (Wildman–Crippen MR) is 102 cm³/mol. The van der Waals surface area contributed by atoms with Gasteiger partial charge >= 0.3 is 0 Å². The molecule has 0 aromatic heterocycles. The van der Waals surface area contributed by atoms with Crippen molar-refractivity contribution in [1.29, 1.82) is 0 Å². The van der Waals surface area contributed by atoms with E-state index in [0.717, 1.165) is 44.1 Å².